The highest BCUT2D eigenvalue weighted by molar-refractivity contribution is 7.13. The maximum Gasteiger partial charge on any atom is 0.0794 e. The van der Waals surface area contributed by atoms with Crippen LogP contribution in [0.25, 0.3) is 10.6 Å². The van der Waals surface area contributed by atoms with Crippen molar-refractivity contribution in [3.8, 4) is 10.6 Å². The maximum absolute atomic E-state index is 4.17. The number of aryl methyl sites for hydroxylation is 1. The van der Waals surface area contributed by atoms with Crippen LogP contribution in [0.3, 0.4) is 0 Å². The molecule has 0 aliphatic rings. The van der Waals surface area contributed by atoms with Gasteiger partial charge in [0.25, 0.3) is 0 Å². The fraction of sp³-hybridized carbons (Fsp3) is 0.267. The molecule has 0 saturated heterocycles. The molecule has 0 bridgehead atoms. The predicted molar refractivity (Wildman–Crippen MR) is 86.1 cm³/mol. The van der Waals surface area contributed by atoms with Crippen molar-refractivity contribution in [1.82, 2.24) is 15.5 Å². The molecule has 0 amide bonds. The van der Waals surface area contributed by atoms with E-state index in [1.54, 1.807) is 11.3 Å². The molecule has 0 atom stereocenters. The lowest BCUT2D eigenvalue weighted by molar-refractivity contribution is 0.702. The van der Waals surface area contributed by atoms with Gasteiger partial charge in [0.05, 0.1) is 16.8 Å². The summed E-state index contributed by atoms with van der Waals surface area (Å²) in [6, 6.07) is 8.62. The first-order chi connectivity index (χ1) is 9.86. The molecule has 2 N–H and O–H groups in total. The summed E-state index contributed by atoms with van der Waals surface area (Å²) in [5.41, 5.74) is 2.35. The summed E-state index contributed by atoms with van der Waals surface area (Å²) >= 11 is 3.62. The molecule has 0 aromatic carbocycles. The van der Waals surface area contributed by atoms with Gasteiger partial charge in [-0.1, -0.05) is 13.0 Å². The Morgan fingerprint density at radius 2 is 2.10 bits per heavy atom. The van der Waals surface area contributed by atoms with Gasteiger partial charge in [-0.25, -0.2) is 0 Å². The van der Waals surface area contributed by atoms with Crippen molar-refractivity contribution in [2.24, 2.45) is 0 Å². The van der Waals surface area contributed by atoms with E-state index < -0.39 is 0 Å². The number of aromatic nitrogens is 2. The lowest BCUT2D eigenvalue weighted by atomic mass is 10.2. The van der Waals surface area contributed by atoms with E-state index in [4.69, 9.17) is 0 Å². The first-order valence-corrected chi connectivity index (χ1v) is 8.41. The summed E-state index contributed by atoms with van der Waals surface area (Å²) in [4.78, 5) is 4.08. The van der Waals surface area contributed by atoms with Crippen LogP contribution in [-0.4, -0.2) is 10.2 Å². The highest BCUT2D eigenvalue weighted by Gasteiger charge is 2.08. The average molecular weight is 303 g/mol. The fourth-order valence-electron chi connectivity index (χ4n) is 2.11. The molecule has 3 aromatic heterocycles. The zero-order valence-electron chi connectivity index (χ0n) is 11.3. The van der Waals surface area contributed by atoms with Gasteiger partial charge < -0.3 is 5.32 Å². The first-order valence-electron chi connectivity index (χ1n) is 6.71. The van der Waals surface area contributed by atoms with Gasteiger partial charge in [-0.15, -0.1) is 22.7 Å². The molecule has 3 rings (SSSR count). The van der Waals surface area contributed by atoms with E-state index in [1.807, 2.05) is 17.5 Å². The molecule has 0 unspecified atom stereocenters. The second-order valence-corrected chi connectivity index (χ2v) is 6.77. The van der Waals surface area contributed by atoms with Gasteiger partial charge in [-0.05, 0) is 30.0 Å². The molecule has 0 radical (unpaired) electrons. The molecule has 0 aliphatic carbocycles. The molecule has 0 fully saturated rings. The van der Waals surface area contributed by atoms with Crippen LogP contribution in [0.1, 0.15) is 22.2 Å². The van der Waals surface area contributed by atoms with E-state index >= 15 is 0 Å². The van der Waals surface area contributed by atoms with E-state index in [9.17, 15) is 0 Å². The van der Waals surface area contributed by atoms with Crippen molar-refractivity contribution in [3.63, 3.8) is 0 Å². The highest BCUT2D eigenvalue weighted by Crippen LogP contribution is 2.25. The van der Waals surface area contributed by atoms with Crippen LogP contribution in [0.4, 0.5) is 0 Å². The van der Waals surface area contributed by atoms with Gasteiger partial charge in [-0.3, -0.25) is 5.10 Å². The highest BCUT2D eigenvalue weighted by atomic mass is 32.1. The molecular formula is C15H17N3S2. The molecule has 104 valence electrons. The zero-order valence-corrected chi connectivity index (χ0v) is 13.0. The average Bonchev–Trinajstić information content (AvgIpc) is 3.20. The van der Waals surface area contributed by atoms with Crippen LogP contribution < -0.4 is 5.32 Å². The van der Waals surface area contributed by atoms with E-state index in [0.717, 1.165) is 25.2 Å². The minimum absolute atomic E-state index is 0.836. The van der Waals surface area contributed by atoms with Gasteiger partial charge in [0, 0.05) is 28.4 Å². The summed E-state index contributed by atoms with van der Waals surface area (Å²) in [6.45, 7) is 3.95. The summed E-state index contributed by atoms with van der Waals surface area (Å²) in [7, 11) is 0. The lowest BCUT2D eigenvalue weighted by Crippen LogP contribution is -2.11. The smallest absolute Gasteiger partial charge is 0.0794 e. The Hall–Kier alpha value is -1.43. The van der Waals surface area contributed by atoms with Gasteiger partial charge in [0.1, 0.15) is 0 Å². The number of rotatable bonds is 6. The van der Waals surface area contributed by atoms with Gasteiger partial charge in [-0.2, -0.15) is 5.10 Å². The molecule has 20 heavy (non-hydrogen) atoms. The minimum atomic E-state index is 0.836. The largest absolute Gasteiger partial charge is 0.308 e. The Balaban J connectivity index is 1.60. The topological polar surface area (TPSA) is 40.7 Å². The molecular weight excluding hydrogens is 286 g/mol. The number of nitrogens with zero attached hydrogens (tertiary/aromatic N) is 1. The Morgan fingerprint density at radius 1 is 1.20 bits per heavy atom. The molecule has 3 nitrogen and oxygen atoms in total. The van der Waals surface area contributed by atoms with E-state index in [2.05, 4.69) is 52.1 Å². The Morgan fingerprint density at radius 3 is 2.85 bits per heavy atom. The van der Waals surface area contributed by atoms with Crippen molar-refractivity contribution < 1.29 is 0 Å². The number of thiophene rings is 2. The number of H-pyrrole nitrogens is 1. The van der Waals surface area contributed by atoms with Gasteiger partial charge in [0.2, 0.25) is 0 Å². The SMILES string of the molecule is CCc1ccc(CNCc2cn[nH]c2-c2cccs2)s1. The summed E-state index contributed by atoms with van der Waals surface area (Å²) < 4.78 is 0. The van der Waals surface area contributed by atoms with Gasteiger partial charge in [0.15, 0.2) is 0 Å². The molecule has 3 heterocycles. The van der Waals surface area contributed by atoms with E-state index in [0.29, 0.717) is 0 Å². The lowest BCUT2D eigenvalue weighted by Gasteiger charge is -2.03. The predicted octanol–water partition coefficient (Wildman–Crippen LogP) is 4.05. The Bertz CT molecular complexity index is 652. The van der Waals surface area contributed by atoms with Crippen molar-refractivity contribution >= 4 is 22.7 Å². The van der Waals surface area contributed by atoms with Crippen molar-refractivity contribution in [1.29, 1.82) is 0 Å². The van der Waals surface area contributed by atoms with Crippen LogP contribution in [-0.2, 0) is 19.5 Å². The second-order valence-electron chi connectivity index (χ2n) is 4.57. The number of hydrogen-bond donors (Lipinski definition) is 2. The fourth-order valence-corrected chi connectivity index (χ4v) is 3.79. The van der Waals surface area contributed by atoms with Crippen LogP contribution in [0.15, 0.2) is 35.8 Å². The Labute approximate surface area is 126 Å². The van der Waals surface area contributed by atoms with Crippen LogP contribution in [0.5, 0.6) is 0 Å². The zero-order chi connectivity index (χ0) is 13.8. The molecule has 0 spiro atoms. The van der Waals surface area contributed by atoms with Crippen molar-refractivity contribution in [2.75, 3.05) is 0 Å². The van der Waals surface area contributed by atoms with Crippen LogP contribution >= 0.6 is 22.7 Å². The van der Waals surface area contributed by atoms with E-state index in [1.165, 1.54) is 20.2 Å². The van der Waals surface area contributed by atoms with Gasteiger partial charge >= 0.3 is 0 Å². The molecule has 0 saturated carbocycles. The van der Waals surface area contributed by atoms with Crippen molar-refractivity contribution in [3.05, 3.63) is 51.2 Å². The molecule has 0 aliphatic heterocycles. The molecule has 3 aromatic rings. The van der Waals surface area contributed by atoms with Crippen LogP contribution in [0, 0.1) is 0 Å². The van der Waals surface area contributed by atoms with Crippen molar-refractivity contribution in [2.45, 2.75) is 26.4 Å². The first kappa shape index (κ1) is 13.5. The monoisotopic (exact) mass is 303 g/mol. The normalized spacial score (nSPS) is 11.1. The number of hydrogen-bond acceptors (Lipinski definition) is 4. The van der Waals surface area contributed by atoms with E-state index in [-0.39, 0.29) is 0 Å². The third-order valence-corrected chi connectivity index (χ3v) is 5.28. The number of nitrogens with one attached hydrogen (secondary N) is 2. The second kappa shape index (κ2) is 6.35. The maximum atomic E-state index is 4.17. The molecule has 5 heteroatoms. The standard InChI is InChI=1S/C15H17N3S2/c1-2-12-5-6-13(20-12)10-16-8-11-9-17-18-15(11)14-4-3-7-19-14/h3-7,9,16H,2,8,10H2,1H3,(H,17,18). The summed E-state index contributed by atoms with van der Waals surface area (Å²) in [6.07, 6.45) is 3.03. The summed E-state index contributed by atoms with van der Waals surface area (Å²) in [5, 5.41) is 12.8. The third-order valence-electron chi connectivity index (χ3n) is 3.17. The third kappa shape index (κ3) is 3.00. The Kier molecular flexibility index (Phi) is 4.30. The number of aromatic amines is 1. The minimum Gasteiger partial charge on any atom is -0.308 e. The van der Waals surface area contributed by atoms with Crippen LogP contribution in [0.2, 0.25) is 0 Å². The quantitative estimate of drug-likeness (QED) is 0.721. The summed E-state index contributed by atoms with van der Waals surface area (Å²) in [5.74, 6) is 0.